The standard InChI is InChI=1S/C21H36N2O5/c1-18(2)7-15(9-20(5,11-18)13-22(25)26)17(24)16-8-19(3,4)12-21(6,10-16)14-23(27)28/h15-16H,7-14H2,1-6H3. The molecule has 2 fully saturated rings. The Kier molecular flexibility index (Phi) is 5.99. The van der Waals surface area contributed by atoms with Crippen LogP contribution in [0.25, 0.3) is 0 Å². The minimum atomic E-state index is -0.486. The van der Waals surface area contributed by atoms with Crippen molar-refractivity contribution in [2.75, 3.05) is 13.1 Å². The summed E-state index contributed by atoms with van der Waals surface area (Å²) in [5.41, 5.74) is -1.23. The quantitative estimate of drug-likeness (QED) is 0.475. The summed E-state index contributed by atoms with van der Waals surface area (Å²) in [4.78, 5) is 35.4. The maximum atomic E-state index is 13.5. The summed E-state index contributed by atoms with van der Waals surface area (Å²) in [5.74, 6) is -0.232. The van der Waals surface area contributed by atoms with Gasteiger partial charge in [0.15, 0.2) is 0 Å². The van der Waals surface area contributed by atoms with Crippen LogP contribution in [0.5, 0.6) is 0 Å². The van der Waals surface area contributed by atoms with E-state index in [1.54, 1.807) is 0 Å². The third kappa shape index (κ3) is 5.74. The first-order valence-corrected chi connectivity index (χ1v) is 10.3. The molecular formula is C21H36N2O5. The number of Topliss-reactive ketones (excluding diaryl/α,β-unsaturated/α-hetero) is 1. The molecule has 2 rings (SSSR count). The molecule has 4 atom stereocenters. The van der Waals surface area contributed by atoms with Gasteiger partial charge in [-0.2, -0.15) is 0 Å². The SMILES string of the molecule is CC1(C)CC(C(=O)C2CC(C)(C)CC(C)(C[N+](=O)[O-])C2)CC(C)(C[N+](=O)[O-])C1. The van der Waals surface area contributed by atoms with Crippen molar-refractivity contribution in [2.45, 2.75) is 80.1 Å². The van der Waals surface area contributed by atoms with Crippen LogP contribution in [0.3, 0.4) is 0 Å². The predicted octanol–water partition coefficient (Wildman–Crippen LogP) is 4.77. The molecule has 4 unspecified atom stereocenters. The Hall–Kier alpha value is -1.53. The Morgan fingerprint density at radius 3 is 1.36 bits per heavy atom. The van der Waals surface area contributed by atoms with Gasteiger partial charge in [-0.1, -0.05) is 41.5 Å². The third-order valence-electron chi connectivity index (χ3n) is 6.71. The van der Waals surface area contributed by atoms with Crippen molar-refractivity contribution in [3.05, 3.63) is 20.2 Å². The summed E-state index contributed by atoms with van der Waals surface area (Å²) in [6, 6.07) is 0. The van der Waals surface area contributed by atoms with Crippen molar-refractivity contribution in [2.24, 2.45) is 33.5 Å². The first-order chi connectivity index (χ1) is 12.5. The van der Waals surface area contributed by atoms with E-state index in [2.05, 4.69) is 27.7 Å². The van der Waals surface area contributed by atoms with Gasteiger partial charge in [0.05, 0.1) is 0 Å². The average Bonchev–Trinajstić information content (AvgIpc) is 2.38. The number of rotatable bonds is 6. The highest BCUT2D eigenvalue weighted by atomic mass is 16.6. The zero-order valence-corrected chi connectivity index (χ0v) is 18.2. The number of ketones is 1. The van der Waals surface area contributed by atoms with E-state index >= 15 is 0 Å². The molecule has 0 spiro atoms. The Morgan fingerprint density at radius 1 is 0.750 bits per heavy atom. The van der Waals surface area contributed by atoms with Gasteiger partial charge in [0, 0.05) is 32.5 Å². The van der Waals surface area contributed by atoms with Gasteiger partial charge in [-0.05, 0) is 49.4 Å². The van der Waals surface area contributed by atoms with Crippen LogP contribution in [0.2, 0.25) is 0 Å². The van der Waals surface area contributed by atoms with Gasteiger partial charge in [0.2, 0.25) is 13.1 Å². The molecule has 0 saturated heterocycles. The molecule has 0 amide bonds. The zero-order chi connectivity index (χ0) is 21.5. The van der Waals surface area contributed by atoms with Crippen molar-refractivity contribution >= 4 is 5.78 Å². The number of hydrogen-bond acceptors (Lipinski definition) is 5. The molecule has 2 saturated carbocycles. The Labute approximate surface area is 167 Å². The van der Waals surface area contributed by atoms with E-state index in [0.29, 0.717) is 12.8 Å². The third-order valence-corrected chi connectivity index (χ3v) is 6.71. The maximum absolute atomic E-state index is 13.5. The number of carbonyl (C=O) groups excluding carboxylic acids is 1. The van der Waals surface area contributed by atoms with Crippen LogP contribution in [0.1, 0.15) is 80.1 Å². The molecule has 2 aliphatic carbocycles. The molecule has 0 aromatic rings. The summed E-state index contributed by atoms with van der Waals surface area (Å²) in [6.45, 7) is 12.0. The zero-order valence-electron chi connectivity index (χ0n) is 18.2. The average molecular weight is 397 g/mol. The van der Waals surface area contributed by atoms with Gasteiger partial charge < -0.3 is 0 Å². The molecule has 0 aliphatic heterocycles. The summed E-state index contributed by atoms with van der Waals surface area (Å²) in [6.07, 6.45) is 4.03. The molecule has 0 bridgehead atoms. The molecule has 0 N–H and O–H groups in total. The Morgan fingerprint density at radius 2 is 1.07 bits per heavy atom. The van der Waals surface area contributed by atoms with E-state index in [-0.39, 0.29) is 51.4 Å². The second-order valence-corrected chi connectivity index (χ2v) is 11.9. The normalized spacial score (nSPS) is 37.2. The van der Waals surface area contributed by atoms with Crippen LogP contribution < -0.4 is 0 Å². The smallest absolute Gasteiger partial charge is 0.209 e. The maximum Gasteiger partial charge on any atom is 0.209 e. The predicted molar refractivity (Wildman–Crippen MR) is 107 cm³/mol. The number of nitro groups is 2. The fourth-order valence-corrected chi connectivity index (χ4v) is 6.87. The largest absolute Gasteiger partial charge is 0.299 e. The summed E-state index contributed by atoms with van der Waals surface area (Å²) in [5, 5.41) is 22.4. The summed E-state index contributed by atoms with van der Waals surface area (Å²) in [7, 11) is 0. The van der Waals surface area contributed by atoms with Crippen LogP contribution in [0, 0.1) is 53.7 Å². The summed E-state index contributed by atoms with van der Waals surface area (Å²) < 4.78 is 0. The fourth-order valence-electron chi connectivity index (χ4n) is 6.87. The van der Waals surface area contributed by atoms with E-state index in [9.17, 15) is 25.0 Å². The lowest BCUT2D eigenvalue weighted by atomic mass is 9.55. The van der Waals surface area contributed by atoms with E-state index in [4.69, 9.17) is 0 Å². The van der Waals surface area contributed by atoms with Gasteiger partial charge in [0.1, 0.15) is 5.78 Å². The van der Waals surface area contributed by atoms with Crippen molar-refractivity contribution in [3.63, 3.8) is 0 Å². The van der Waals surface area contributed by atoms with Crippen molar-refractivity contribution in [3.8, 4) is 0 Å². The van der Waals surface area contributed by atoms with Gasteiger partial charge in [0.25, 0.3) is 0 Å². The molecular weight excluding hydrogens is 360 g/mol. The molecule has 28 heavy (non-hydrogen) atoms. The van der Waals surface area contributed by atoms with Gasteiger partial charge >= 0.3 is 0 Å². The highest BCUT2D eigenvalue weighted by Gasteiger charge is 2.51. The second kappa shape index (κ2) is 7.38. The van der Waals surface area contributed by atoms with Crippen LogP contribution in [-0.4, -0.2) is 28.7 Å². The van der Waals surface area contributed by atoms with Crippen LogP contribution in [-0.2, 0) is 4.79 Å². The van der Waals surface area contributed by atoms with E-state index < -0.39 is 10.8 Å². The molecule has 7 nitrogen and oxygen atoms in total. The van der Waals surface area contributed by atoms with Gasteiger partial charge in [-0.15, -0.1) is 0 Å². The molecule has 160 valence electrons. The number of nitrogens with zero attached hydrogens (tertiary/aromatic N) is 2. The van der Waals surface area contributed by atoms with Crippen LogP contribution >= 0.6 is 0 Å². The molecule has 0 radical (unpaired) electrons. The van der Waals surface area contributed by atoms with Crippen LogP contribution in [0.15, 0.2) is 0 Å². The lowest BCUT2D eigenvalue weighted by Gasteiger charge is -2.48. The van der Waals surface area contributed by atoms with Crippen LogP contribution in [0.4, 0.5) is 0 Å². The molecule has 0 heterocycles. The molecule has 0 aromatic heterocycles. The van der Waals surface area contributed by atoms with Gasteiger partial charge in [-0.3, -0.25) is 25.0 Å². The topological polar surface area (TPSA) is 103 Å². The monoisotopic (exact) mass is 396 g/mol. The van der Waals surface area contributed by atoms with Crippen molar-refractivity contribution < 1.29 is 14.6 Å². The second-order valence-electron chi connectivity index (χ2n) is 11.9. The highest BCUT2D eigenvalue weighted by Crippen LogP contribution is 2.53. The minimum absolute atomic E-state index is 0.116. The number of carbonyl (C=O) groups is 1. The van der Waals surface area contributed by atoms with E-state index in [1.807, 2.05) is 13.8 Å². The van der Waals surface area contributed by atoms with Crippen molar-refractivity contribution in [1.29, 1.82) is 0 Å². The minimum Gasteiger partial charge on any atom is -0.299 e. The van der Waals surface area contributed by atoms with E-state index in [0.717, 1.165) is 25.7 Å². The van der Waals surface area contributed by atoms with Gasteiger partial charge in [-0.25, -0.2) is 0 Å². The van der Waals surface area contributed by atoms with E-state index in [1.165, 1.54) is 0 Å². The Bertz CT molecular complexity index is 605. The molecule has 2 aliphatic rings. The Balaban J connectivity index is 2.24. The first-order valence-electron chi connectivity index (χ1n) is 10.3. The molecule has 7 heteroatoms. The molecule has 0 aromatic carbocycles. The lowest BCUT2D eigenvalue weighted by molar-refractivity contribution is -0.499. The highest BCUT2D eigenvalue weighted by molar-refractivity contribution is 5.84. The number of hydrogen-bond donors (Lipinski definition) is 0. The first kappa shape index (κ1) is 22.8. The lowest BCUT2D eigenvalue weighted by Crippen LogP contribution is -2.47. The summed E-state index contributed by atoms with van der Waals surface area (Å²) >= 11 is 0. The van der Waals surface area contributed by atoms with Crippen molar-refractivity contribution in [1.82, 2.24) is 0 Å². The fraction of sp³-hybridized carbons (Fsp3) is 0.952.